The summed E-state index contributed by atoms with van der Waals surface area (Å²) in [4.78, 5) is 0. The first-order chi connectivity index (χ1) is 9.54. The summed E-state index contributed by atoms with van der Waals surface area (Å²) in [5.74, 6) is -0.343. The van der Waals surface area contributed by atoms with Crippen LogP contribution in [0.4, 0.5) is 0 Å². The second-order valence-electron chi connectivity index (χ2n) is 4.58. The molecule has 1 atom stereocenters. The monoisotopic (exact) mass is 291 g/mol. The Morgan fingerprint density at radius 1 is 0.950 bits per heavy atom. The van der Waals surface area contributed by atoms with Crippen LogP contribution in [0, 0.1) is 0 Å². The first kappa shape index (κ1) is 14.7. The van der Waals surface area contributed by atoms with Gasteiger partial charge in [-0.05, 0) is 11.1 Å². The summed E-state index contributed by atoms with van der Waals surface area (Å²) in [6.45, 7) is 0.538. The molecule has 0 heterocycles. The first-order valence-electron chi connectivity index (χ1n) is 6.32. The smallest absolute Gasteiger partial charge is 0.266 e. The van der Waals surface area contributed by atoms with Crippen molar-refractivity contribution in [3.8, 4) is 0 Å². The van der Waals surface area contributed by atoms with Crippen LogP contribution in [-0.4, -0.2) is 18.7 Å². The van der Waals surface area contributed by atoms with E-state index >= 15 is 0 Å². The third-order valence-electron chi connectivity index (χ3n) is 2.97. The van der Waals surface area contributed by atoms with Gasteiger partial charge in [-0.2, -0.15) is 8.42 Å². The number of nitrogens with one attached hydrogen (secondary N) is 1. The highest BCUT2D eigenvalue weighted by Crippen LogP contribution is 2.15. The fraction of sp³-hybridized carbons (Fsp3) is 0.200. The van der Waals surface area contributed by atoms with Crippen LogP contribution in [0.2, 0.25) is 0 Å². The summed E-state index contributed by atoms with van der Waals surface area (Å²) in [5.41, 5.74) is 1.89. The Bertz CT molecular complexity index is 627. The van der Waals surface area contributed by atoms with Gasteiger partial charge >= 0.3 is 0 Å². The molecule has 0 aliphatic carbocycles. The lowest BCUT2D eigenvalue weighted by Gasteiger charge is -2.18. The average Bonchev–Trinajstić information content (AvgIpc) is 2.44. The van der Waals surface area contributed by atoms with Gasteiger partial charge in [-0.25, -0.2) is 0 Å². The zero-order chi connectivity index (χ0) is 14.4. The summed E-state index contributed by atoms with van der Waals surface area (Å²) in [6.07, 6.45) is 0. The highest BCUT2D eigenvalue weighted by Gasteiger charge is 2.18. The van der Waals surface area contributed by atoms with E-state index in [1.165, 1.54) is 0 Å². The van der Waals surface area contributed by atoms with Gasteiger partial charge in [-0.1, -0.05) is 60.7 Å². The average molecular weight is 291 g/mol. The van der Waals surface area contributed by atoms with Crippen molar-refractivity contribution >= 4 is 10.1 Å². The number of rotatable bonds is 6. The van der Waals surface area contributed by atoms with E-state index in [0.717, 1.165) is 11.1 Å². The van der Waals surface area contributed by atoms with Gasteiger partial charge in [0.15, 0.2) is 0 Å². The van der Waals surface area contributed by atoms with Crippen molar-refractivity contribution in [1.29, 1.82) is 0 Å². The number of hydrogen-bond acceptors (Lipinski definition) is 3. The summed E-state index contributed by atoms with van der Waals surface area (Å²) in [7, 11) is -4.04. The van der Waals surface area contributed by atoms with Crippen molar-refractivity contribution in [2.75, 3.05) is 5.75 Å². The quantitative estimate of drug-likeness (QED) is 0.802. The molecule has 2 rings (SSSR count). The molecule has 1 unspecified atom stereocenters. The number of benzene rings is 2. The van der Waals surface area contributed by atoms with Gasteiger partial charge in [0.2, 0.25) is 0 Å². The van der Waals surface area contributed by atoms with Gasteiger partial charge < -0.3 is 5.32 Å². The molecule has 2 N–H and O–H groups in total. The molecule has 0 aromatic heterocycles. The minimum absolute atomic E-state index is 0.343. The van der Waals surface area contributed by atoms with Gasteiger partial charge in [0.1, 0.15) is 0 Å². The van der Waals surface area contributed by atoms with Crippen molar-refractivity contribution in [1.82, 2.24) is 5.32 Å². The van der Waals surface area contributed by atoms with Crippen LogP contribution in [0.3, 0.4) is 0 Å². The topological polar surface area (TPSA) is 66.4 Å². The van der Waals surface area contributed by atoms with Crippen LogP contribution in [0.5, 0.6) is 0 Å². The molecule has 0 amide bonds. The van der Waals surface area contributed by atoms with E-state index < -0.39 is 16.2 Å². The zero-order valence-corrected chi connectivity index (χ0v) is 11.8. The predicted octanol–water partition coefficient (Wildman–Crippen LogP) is 2.41. The third-order valence-corrected chi connectivity index (χ3v) is 3.73. The normalized spacial score (nSPS) is 13.1. The first-order valence-corrected chi connectivity index (χ1v) is 7.93. The molecular weight excluding hydrogens is 274 g/mol. The lowest BCUT2D eigenvalue weighted by molar-refractivity contribution is 0.465. The van der Waals surface area contributed by atoms with Crippen molar-refractivity contribution in [3.63, 3.8) is 0 Å². The summed E-state index contributed by atoms with van der Waals surface area (Å²) in [6, 6.07) is 18.5. The van der Waals surface area contributed by atoms with Crippen molar-refractivity contribution in [3.05, 3.63) is 71.8 Å². The summed E-state index contributed by atoms with van der Waals surface area (Å²) in [5, 5.41) is 3.17. The Balaban J connectivity index is 2.11. The maximum Gasteiger partial charge on any atom is 0.266 e. The molecule has 0 saturated carbocycles. The van der Waals surface area contributed by atoms with Crippen LogP contribution < -0.4 is 5.32 Å². The Labute approximate surface area is 119 Å². The van der Waals surface area contributed by atoms with Crippen LogP contribution in [0.1, 0.15) is 17.2 Å². The van der Waals surface area contributed by atoms with E-state index in [2.05, 4.69) is 5.32 Å². The number of hydrogen-bond donors (Lipinski definition) is 2. The van der Waals surface area contributed by atoms with Gasteiger partial charge in [-0.3, -0.25) is 4.55 Å². The van der Waals surface area contributed by atoms with Crippen LogP contribution in [0.15, 0.2) is 60.7 Å². The molecule has 4 nitrogen and oxygen atoms in total. The molecule has 0 radical (unpaired) electrons. The van der Waals surface area contributed by atoms with Crippen LogP contribution in [0.25, 0.3) is 0 Å². The van der Waals surface area contributed by atoms with E-state index in [-0.39, 0.29) is 5.75 Å². The molecule has 2 aromatic rings. The van der Waals surface area contributed by atoms with Crippen molar-refractivity contribution in [2.24, 2.45) is 0 Å². The molecular formula is C15H17NO3S. The summed E-state index contributed by atoms with van der Waals surface area (Å²) >= 11 is 0. The van der Waals surface area contributed by atoms with Gasteiger partial charge in [0.05, 0.1) is 5.75 Å². The lowest BCUT2D eigenvalue weighted by Crippen LogP contribution is -2.27. The van der Waals surface area contributed by atoms with E-state index in [0.29, 0.717) is 6.54 Å². The third kappa shape index (κ3) is 4.77. The molecule has 0 spiro atoms. The SMILES string of the molecule is O=S(=O)(O)CC(NCc1ccccc1)c1ccccc1. The molecule has 0 saturated heterocycles. The molecule has 0 aliphatic heterocycles. The summed E-state index contributed by atoms with van der Waals surface area (Å²) < 4.78 is 31.4. The Kier molecular flexibility index (Phi) is 4.89. The molecule has 0 aliphatic rings. The molecule has 0 bridgehead atoms. The van der Waals surface area contributed by atoms with E-state index in [9.17, 15) is 8.42 Å². The minimum Gasteiger partial charge on any atom is -0.305 e. The van der Waals surface area contributed by atoms with Crippen LogP contribution in [-0.2, 0) is 16.7 Å². The fourth-order valence-electron chi connectivity index (χ4n) is 2.01. The highest BCUT2D eigenvalue weighted by atomic mass is 32.2. The van der Waals surface area contributed by atoms with Crippen molar-refractivity contribution < 1.29 is 13.0 Å². The molecule has 20 heavy (non-hydrogen) atoms. The molecule has 5 heteroatoms. The second kappa shape index (κ2) is 6.65. The zero-order valence-electron chi connectivity index (χ0n) is 10.9. The predicted molar refractivity (Wildman–Crippen MR) is 78.9 cm³/mol. The highest BCUT2D eigenvalue weighted by molar-refractivity contribution is 7.85. The van der Waals surface area contributed by atoms with E-state index in [1.807, 2.05) is 60.7 Å². The molecule has 2 aromatic carbocycles. The molecule has 0 fully saturated rings. The maximum atomic E-state index is 11.1. The minimum atomic E-state index is -4.04. The maximum absolute atomic E-state index is 11.1. The van der Waals surface area contributed by atoms with Crippen molar-refractivity contribution in [2.45, 2.75) is 12.6 Å². The molecule has 106 valence electrons. The largest absolute Gasteiger partial charge is 0.305 e. The van der Waals surface area contributed by atoms with Gasteiger partial charge in [0.25, 0.3) is 10.1 Å². The standard InChI is InChI=1S/C15H17NO3S/c17-20(18,19)12-15(14-9-5-2-6-10-14)16-11-13-7-3-1-4-8-13/h1-10,15-16H,11-12H2,(H,17,18,19). The lowest BCUT2D eigenvalue weighted by atomic mass is 10.1. The van der Waals surface area contributed by atoms with E-state index in [1.54, 1.807) is 0 Å². The Morgan fingerprint density at radius 2 is 1.50 bits per heavy atom. The Hall–Kier alpha value is -1.69. The second-order valence-corrected chi connectivity index (χ2v) is 6.08. The Morgan fingerprint density at radius 3 is 2.05 bits per heavy atom. The van der Waals surface area contributed by atoms with Gasteiger partial charge in [-0.15, -0.1) is 0 Å². The fourth-order valence-corrected chi connectivity index (χ4v) is 2.74. The van der Waals surface area contributed by atoms with Crippen LogP contribution >= 0.6 is 0 Å². The van der Waals surface area contributed by atoms with E-state index in [4.69, 9.17) is 4.55 Å². The van der Waals surface area contributed by atoms with Gasteiger partial charge in [0, 0.05) is 12.6 Å².